The number of carbonyl (C=O) groups is 2. The van der Waals surface area contributed by atoms with Gasteiger partial charge in [-0.1, -0.05) is 64.4 Å². The van der Waals surface area contributed by atoms with E-state index in [-0.39, 0.29) is 17.4 Å². The van der Waals surface area contributed by atoms with E-state index in [0.717, 1.165) is 36.2 Å². The van der Waals surface area contributed by atoms with Crippen LogP contribution in [0.4, 0.5) is 21.1 Å². The maximum absolute atomic E-state index is 12.9. The van der Waals surface area contributed by atoms with Crippen LogP contribution in [0.5, 0.6) is 0 Å². The molecule has 0 unspecified atom stereocenters. The van der Waals surface area contributed by atoms with Crippen molar-refractivity contribution in [3.05, 3.63) is 71.4 Å². The molecule has 9 nitrogen and oxygen atoms in total. The average molecular weight is 562 g/mol. The Morgan fingerprint density at radius 1 is 1.00 bits per heavy atom. The van der Waals surface area contributed by atoms with Gasteiger partial charge in [0.05, 0.1) is 18.0 Å². The van der Waals surface area contributed by atoms with E-state index in [4.69, 9.17) is 14.7 Å². The van der Waals surface area contributed by atoms with Gasteiger partial charge in [0.15, 0.2) is 0 Å². The van der Waals surface area contributed by atoms with E-state index < -0.39 is 6.16 Å². The molecule has 1 saturated heterocycles. The highest BCUT2D eigenvalue weighted by atomic mass is 16.8. The van der Waals surface area contributed by atoms with Crippen molar-refractivity contribution in [3.63, 3.8) is 0 Å². The Hall–Kier alpha value is -3.85. The maximum atomic E-state index is 12.9. The number of hydrogen-bond acceptors (Lipinski definition) is 6. The summed E-state index contributed by atoms with van der Waals surface area (Å²) in [6.07, 6.45) is 2.18. The summed E-state index contributed by atoms with van der Waals surface area (Å²) < 4.78 is 6.87. The van der Waals surface area contributed by atoms with E-state index in [0.29, 0.717) is 37.1 Å². The van der Waals surface area contributed by atoms with Gasteiger partial charge in [-0.3, -0.25) is 5.32 Å². The summed E-state index contributed by atoms with van der Waals surface area (Å²) in [4.78, 5) is 30.1. The molecule has 2 heterocycles. The van der Waals surface area contributed by atoms with Crippen LogP contribution in [-0.4, -0.2) is 46.7 Å². The highest BCUT2D eigenvalue weighted by Gasteiger charge is 2.24. The van der Waals surface area contributed by atoms with Crippen LogP contribution < -0.4 is 10.6 Å². The summed E-state index contributed by atoms with van der Waals surface area (Å²) in [7, 11) is 0. The molecule has 0 spiro atoms. The third-order valence-corrected chi connectivity index (χ3v) is 7.05. The van der Waals surface area contributed by atoms with Crippen LogP contribution in [0, 0.1) is 18.8 Å². The van der Waals surface area contributed by atoms with Gasteiger partial charge in [-0.05, 0) is 67.9 Å². The van der Waals surface area contributed by atoms with Crippen molar-refractivity contribution in [2.45, 2.75) is 66.2 Å². The number of piperidine rings is 1. The van der Waals surface area contributed by atoms with Gasteiger partial charge in [0.25, 0.3) is 0 Å². The molecule has 2 aromatic carbocycles. The van der Waals surface area contributed by atoms with Gasteiger partial charge in [0, 0.05) is 30.3 Å². The lowest BCUT2D eigenvalue weighted by molar-refractivity contribution is -0.143. The van der Waals surface area contributed by atoms with Gasteiger partial charge >= 0.3 is 12.2 Å². The molecule has 1 aromatic heterocycles. The summed E-state index contributed by atoms with van der Waals surface area (Å²) in [6, 6.07) is 17.6. The quantitative estimate of drug-likeness (QED) is 0.285. The van der Waals surface area contributed by atoms with Crippen molar-refractivity contribution < 1.29 is 19.2 Å². The Balaban J connectivity index is 1.29. The Morgan fingerprint density at radius 3 is 2.27 bits per heavy atom. The molecular weight excluding hydrogens is 518 g/mol. The standard InChI is InChI=1S/C32H43N5O4/c1-22(2)21-40-31(39)41-36-17-15-25(16-18-36)19-24-9-11-26(12-10-24)33-30(38)34-29-20-28(32(4,5)6)35-37(29)27-13-7-23(3)8-14-27/h7-14,20,22,25H,15-19,21H2,1-6H3,(H2,33,34,38). The number of ether oxygens (including phenoxy) is 1. The number of aromatic nitrogens is 2. The molecular formula is C32H43N5O4. The van der Waals surface area contributed by atoms with Gasteiger partial charge < -0.3 is 14.9 Å². The molecule has 2 N–H and O–H groups in total. The zero-order valence-electron chi connectivity index (χ0n) is 25.1. The van der Waals surface area contributed by atoms with E-state index in [1.165, 1.54) is 5.56 Å². The zero-order chi connectivity index (χ0) is 29.6. The fraction of sp³-hybridized carbons (Fsp3) is 0.469. The van der Waals surface area contributed by atoms with Crippen molar-refractivity contribution in [2.24, 2.45) is 11.8 Å². The van der Waals surface area contributed by atoms with Gasteiger partial charge in [-0.25, -0.2) is 14.3 Å². The number of hydrogen-bond donors (Lipinski definition) is 2. The predicted molar refractivity (Wildman–Crippen MR) is 161 cm³/mol. The second-order valence-electron chi connectivity index (χ2n) is 12.3. The molecule has 1 aliphatic rings. The molecule has 0 saturated carbocycles. The second-order valence-corrected chi connectivity index (χ2v) is 12.3. The lowest BCUT2D eigenvalue weighted by Gasteiger charge is -2.30. The molecule has 0 bridgehead atoms. The number of nitrogens with zero attached hydrogens (tertiary/aromatic N) is 3. The van der Waals surface area contributed by atoms with Crippen LogP contribution in [0.3, 0.4) is 0 Å². The molecule has 0 aliphatic carbocycles. The molecule has 0 radical (unpaired) electrons. The van der Waals surface area contributed by atoms with E-state index in [1.807, 2.05) is 63.2 Å². The SMILES string of the molecule is Cc1ccc(-n2nc(C(C)(C)C)cc2NC(=O)Nc2ccc(CC3CCN(OC(=O)OCC(C)C)CC3)cc2)cc1. The summed E-state index contributed by atoms with van der Waals surface area (Å²) in [5.74, 6) is 1.39. The number of urea groups is 1. The smallest absolute Gasteiger partial charge is 0.433 e. The fourth-order valence-electron chi connectivity index (χ4n) is 4.63. The van der Waals surface area contributed by atoms with E-state index in [1.54, 1.807) is 9.75 Å². The van der Waals surface area contributed by atoms with E-state index in [9.17, 15) is 9.59 Å². The highest BCUT2D eigenvalue weighted by molar-refractivity contribution is 5.99. The Morgan fingerprint density at radius 2 is 1.66 bits per heavy atom. The lowest BCUT2D eigenvalue weighted by atomic mass is 9.91. The number of carbonyl (C=O) groups excluding carboxylic acids is 2. The summed E-state index contributed by atoms with van der Waals surface area (Å²) in [6.45, 7) is 14.1. The van der Waals surface area contributed by atoms with Gasteiger partial charge in [-0.15, -0.1) is 5.06 Å². The van der Waals surface area contributed by atoms with Crippen molar-refractivity contribution in [1.29, 1.82) is 0 Å². The van der Waals surface area contributed by atoms with Crippen LogP contribution in [0.15, 0.2) is 54.6 Å². The first-order valence-corrected chi connectivity index (χ1v) is 14.4. The zero-order valence-corrected chi connectivity index (χ0v) is 25.1. The van der Waals surface area contributed by atoms with Crippen molar-refractivity contribution in [3.8, 4) is 5.69 Å². The van der Waals surface area contributed by atoms with Crippen molar-refractivity contribution in [2.75, 3.05) is 30.3 Å². The van der Waals surface area contributed by atoms with Crippen LogP contribution in [0.2, 0.25) is 0 Å². The lowest BCUT2D eigenvalue weighted by Crippen LogP contribution is -2.36. The van der Waals surface area contributed by atoms with Crippen molar-refractivity contribution in [1.82, 2.24) is 14.8 Å². The van der Waals surface area contributed by atoms with E-state index in [2.05, 4.69) is 43.5 Å². The largest absolute Gasteiger partial charge is 0.527 e. The molecule has 1 fully saturated rings. The number of nitrogens with one attached hydrogen (secondary N) is 2. The number of rotatable bonds is 8. The minimum atomic E-state index is -0.626. The minimum Gasteiger partial charge on any atom is -0.433 e. The molecule has 3 aromatic rings. The second kappa shape index (κ2) is 13.2. The number of amides is 2. The van der Waals surface area contributed by atoms with Crippen LogP contribution in [0.1, 0.15) is 64.3 Å². The molecule has 9 heteroatoms. The summed E-state index contributed by atoms with van der Waals surface area (Å²) in [5.41, 5.74) is 4.69. The number of aryl methyl sites for hydroxylation is 1. The third-order valence-electron chi connectivity index (χ3n) is 7.05. The molecule has 1 aliphatic heterocycles. The summed E-state index contributed by atoms with van der Waals surface area (Å²) in [5, 5.41) is 12.4. The first-order chi connectivity index (χ1) is 19.5. The molecule has 0 atom stereocenters. The average Bonchev–Trinajstić information content (AvgIpc) is 3.34. The number of benzene rings is 2. The fourth-order valence-corrected chi connectivity index (χ4v) is 4.63. The number of hydroxylamine groups is 2. The predicted octanol–water partition coefficient (Wildman–Crippen LogP) is 7.10. The summed E-state index contributed by atoms with van der Waals surface area (Å²) >= 11 is 0. The monoisotopic (exact) mass is 561 g/mol. The van der Waals surface area contributed by atoms with E-state index >= 15 is 0 Å². The van der Waals surface area contributed by atoms with Gasteiger partial charge in [-0.2, -0.15) is 5.10 Å². The topological polar surface area (TPSA) is 97.7 Å². The van der Waals surface area contributed by atoms with Crippen LogP contribution in [0.25, 0.3) is 5.69 Å². The minimum absolute atomic E-state index is 0.165. The highest BCUT2D eigenvalue weighted by Crippen LogP contribution is 2.27. The molecule has 220 valence electrons. The van der Waals surface area contributed by atoms with Gasteiger partial charge in [0.2, 0.25) is 0 Å². The van der Waals surface area contributed by atoms with Crippen LogP contribution in [-0.2, 0) is 21.4 Å². The Labute approximate surface area is 243 Å². The number of anilines is 2. The van der Waals surface area contributed by atoms with Crippen molar-refractivity contribution >= 4 is 23.7 Å². The maximum Gasteiger partial charge on any atom is 0.527 e. The molecule has 4 rings (SSSR count). The van der Waals surface area contributed by atoms with Crippen LogP contribution >= 0.6 is 0 Å². The molecule has 41 heavy (non-hydrogen) atoms. The first kappa shape index (κ1) is 30.1. The normalized spacial score (nSPS) is 14.6. The third kappa shape index (κ3) is 8.82. The Bertz CT molecular complexity index is 1300. The Kier molecular flexibility index (Phi) is 9.70. The molecule has 2 amide bonds. The van der Waals surface area contributed by atoms with Gasteiger partial charge in [0.1, 0.15) is 5.82 Å². The first-order valence-electron chi connectivity index (χ1n) is 14.4.